The number of carbonyl (C=O) groups is 3. The van der Waals surface area contributed by atoms with Crippen LogP contribution < -0.4 is 10.6 Å². The summed E-state index contributed by atoms with van der Waals surface area (Å²) < 4.78 is 10.2. The second kappa shape index (κ2) is 11.5. The van der Waals surface area contributed by atoms with Crippen LogP contribution in [0, 0.1) is 0 Å². The van der Waals surface area contributed by atoms with E-state index in [1.54, 1.807) is 31.2 Å². The van der Waals surface area contributed by atoms with Gasteiger partial charge in [0.25, 0.3) is 0 Å². The van der Waals surface area contributed by atoms with E-state index >= 15 is 0 Å². The molecule has 0 spiro atoms. The zero-order valence-electron chi connectivity index (χ0n) is 16.6. The summed E-state index contributed by atoms with van der Waals surface area (Å²) >= 11 is 0. The highest BCUT2D eigenvalue weighted by Crippen LogP contribution is 2.11. The fraction of sp³-hybridized carbons (Fsp3) is 0.318. The maximum Gasteiger partial charge on any atom is 0.408 e. The van der Waals surface area contributed by atoms with Gasteiger partial charge in [0.05, 0.1) is 12.2 Å². The molecule has 7 heteroatoms. The Balaban J connectivity index is 1.78. The fourth-order valence-electron chi connectivity index (χ4n) is 2.34. The van der Waals surface area contributed by atoms with E-state index in [4.69, 9.17) is 9.47 Å². The highest BCUT2D eigenvalue weighted by atomic mass is 16.5. The average molecular weight is 398 g/mol. The smallest absolute Gasteiger partial charge is 0.408 e. The minimum atomic E-state index is -0.794. The number of rotatable bonds is 9. The Morgan fingerprint density at radius 3 is 2.31 bits per heavy atom. The Morgan fingerprint density at radius 1 is 0.966 bits per heavy atom. The Labute approximate surface area is 170 Å². The van der Waals surface area contributed by atoms with Crippen LogP contribution in [0.5, 0.6) is 0 Å². The molecule has 2 aromatic carbocycles. The van der Waals surface area contributed by atoms with Crippen LogP contribution in [0.15, 0.2) is 54.6 Å². The summed E-state index contributed by atoms with van der Waals surface area (Å²) in [6, 6.07) is 14.8. The Kier molecular flexibility index (Phi) is 8.69. The number of unbranched alkanes of at least 4 members (excludes halogenated alkanes) is 1. The molecule has 29 heavy (non-hydrogen) atoms. The van der Waals surface area contributed by atoms with Crippen molar-refractivity contribution in [2.24, 2.45) is 0 Å². The van der Waals surface area contributed by atoms with Gasteiger partial charge in [-0.3, -0.25) is 4.79 Å². The first-order valence-electron chi connectivity index (χ1n) is 9.55. The molecule has 0 aliphatic rings. The number of anilines is 1. The molecule has 0 saturated carbocycles. The summed E-state index contributed by atoms with van der Waals surface area (Å²) in [6.07, 6.45) is 1.09. The molecular weight excluding hydrogens is 372 g/mol. The van der Waals surface area contributed by atoms with Crippen molar-refractivity contribution in [1.29, 1.82) is 0 Å². The molecule has 0 bridgehead atoms. The molecule has 0 aromatic heterocycles. The van der Waals surface area contributed by atoms with Gasteiger partial charge in [-0.15, -0.1) is 0 Å². The second-order valence-corrected chi connectivity index (χ2v) is 6.48. The monoisotopic (exact) mass is 398 g/mol. The van der Waals surface area contributed by atoms with E-state index in [-0.39, 0.29) is 6.61 Å². The van der Waals surface area contributed by atoms with Crippen LogP contribution in [0.1, 0.15) is 42.6 Å². The first-order valence-corrected chi connectivity index (χ1v) is 9.55. The zero-order valence-corrected chi connectivity index (χ0v) is 16.6. The molecule has 7 nitrogen and oxygen atoms in total. The number of esters is 1. The first-order chi connectivity index (χ1) is 14.0. The molecule has 2 aromatic rings. The topological polar surface area (TPSA) is 93.7 Å². The lowest BCUT2D eigenvalue weighted by Crippen LogP contribution is -2.41. The normalized spacial score (nSPS) is 11.2. The largest absolute Gasteiger partial charge is 0.462 e. The Morgan fingerprint density at radius 2 is 1.66 bits per heavy atom. The zero-order chi connectivity index (χ0) is 21.1. The molecular formula is C22H26N2O5. The number of ether oxygens (including phenoxy) is 2. The number of carbonyl (C=O) groups excluding carboxylic acids is 3. The van der Waals surface area contributed by atoms with Crippen LogP contribution in [0.4, 0.5) is 10.5 Å². The van der Waals surface area contributed by atoms with E-state index in [1.807, 2.05) is 37.3 Å². The van der Waals surface area contributed by atoms with Gasteiger partial charge in [-0.1, -0.05) is 43.7 Å². The van der Waals surface area contributed by atoms with Crippen LogP contribution in [0.25, 0.3) is 0 Å². The minimum absolute atomic E-state index is 0.122. The summed E-state index contributed by atoms with van der Waals surface area (Å²) in [5.41, 5.74) is 1.77. The van der Waals surface area contributed by atoms with Crippen LogP contribution in [-0.2, 0) is 20.9 Å². The number of amides is 2. The van der Waals surface area contributed by atoms with E-state index in [1.165, 1.54) is 0 Å². The van der Waals surface area contributed by atoms with Crippen molar-refractivity contribution in [3.05, 3.63) is 65.7 Å². The number of hydrogen-bond acceptors (Lipinski definition) is 5. The van der Waals surface area contributed by atoms with Crippen LogP contribution in [0.3, 0.4) is 0 Å². The van der Waals surface area contributed by atoms with E-state index in [2.05, 4.69) is 10.6 Å². The van der Waals surface area contributed by atoms with Gasteiger partial charge >= 0.3 is 12.1 Å². The summed E-state index contributed by atoms with van der Waals surface area (Å²) in [4.78, 5) is 36.0. The summed E-state index contributed by atoms with van der Waals surface area (Å²) in [5, 5.41) is 5.16. The van der Waals surface area contributed by atoms with Gasteiger partial charge in [0.1, 0.15) is 12.6 Å². The molecule has 0 fully saturated rings. The van der Waals surface area contributed by atoms with Crippen molar-refractivity contribution >= 4 is 23.7 Å². The van der Waals surface area contributed by atoms with E-state index < -0.39 is 24.0 Å². The van der Waals surface area contributed by atoms with Gasteiger partial charge in [-0.25, -0.2) is 9.59 Å². The predicted octanol–water partition coefficient (Wildman–Crippen LogP) is 3.90. The van der Waals surface area contributed by atoms with Crippen molar-refractivity contribution in [2.75, 3.05) is 11.9 Å². The highest BCUT2D eigenvalue weighted by Gasteiger charge is 2.17. The Bertz CT molecular complexity index is 806. The van der Waals surface area contributed by atoms with E-state index in [0.717, 1.165) is 18.4 Å². The van der Waals surface area contributed by atoms with Gasteiger partial charge < -0.3 is 20.1 Å². The minimum Gasteiger partial charge on any atom is -0.462 e. The summed E-state index contributed by atoms with van der Waals surface area (Å²) in [6.45, 7) is 4.08. The molecule has 0 aliphatic carbocycles. The standard InChI is InChI=1S/C22H26N2O5/c1-3-4-14-28-21(26)18-10-12-19(13-11-18)24-20(25)16(2)23-22(27)29-15-17-8-6-5-7-9-17/h5-13,16H,3-4,14-15H2,1-2H3,(H,23,27)(H,24,25)/t16-/m0/s1. The van der Waals surface area contributed by atoms with Gasteiger partial charge in [0.2, 0.25) is 5.91 Å². The molecule has 0 heterocycles. The average Bonchev–Trinajstić information content (AvgIpc) is 2.73. The molecule has 2 N–H and O–H groups in total. The molecule has 154 valence electrons. The lowest BCUT2D eigenvalue weighted by Gasteiger charge is -2.14. The van der Waals surface area contributed by atoms with Crippen molar-refractivity contribution in [3.63, 3.8) is 0 Å². The SMILES string of the molecule is CCCCOC(=O)c1ccc(NC(=O)[C@H](C)NC(=O)OCc2ccccc2)cc1. The maximum atomic E-state index is 12.2. The molecule has 0 unspecified atom stereocenters. The number of hydrogen-bond donors (Lipinski definition) is 2. The van der Waals surface area contributed by atoms with Crippen molar-refractivity contribution in [3.8, 4) is 0 Å². The molecule has 1 atom stereocenters. The lowest BCUT2D eigenvalue weighted by molar-refractivity contribution is -0.117. The van der Waals surface area contributed by atoms with E-state index in [0.29, 0.717) is 17.9 Å². The van der Waals surface area contributed by atoms with Crippen molar-refractivity contribution in [1.82, 2.24) is 5.32 Å². The molecule has 0 radical (unpaired) electrons. The fourth-order valence-corrected chi connectivity index (χ4v) is 2.34. The van der Waals surface area contributed by atoms with Crippen LogP contribution in [0.2, 0.25) is 0 Å². The number of nitrogens with one attached hydrogen (secondary N) is 2. The van der Waals surface area contributed by atoms with Crippen molar-refractivity contribution in [2.45, 2.75) is 39.3 Å². The van der Waals surface area contributed by atoms with E-state index in [9.17, 15) is 14.4 Å². The molecule has 2 amide bonds. The van der Waals surface area contributed by atoms with Gasteiger partial charge in [-0.05, 0) is 43.2 Å². The third kappa shape index (κ3) is 7.65. The first kappa shape index (κ1) is 21.9. The maximum absolute atomic E-state index is 12.2. The Hall–Kier alpha value is -3.35. The van der Waals surface area contributed by atoms with Crippen molar-refractivity contribution < 1.29 is 23.9 Å². The highest BCUT2D eigenvalue weighted by molar-refractivity contribution is 5.97. The van der Waals surface area contributed by atoms with Gasteiger partial charge in [0.15, 0.2) is 0 Å². The third-order valence-corrected chi connectivity index (χ3v) is 4.06. The van der Waals surface area contributed by atoms with Crippen LogP contribution in [-0.4, -0.2) is 30.6 Å². The molecule has 0 aliphatic heterocycles. The van der Waals surface area contributed by atoms with Crippen LogP contribution >= 0.6 is 0 Å². The third-order valence-electron chi connectivity index (χ3n) is 4.06. The predicted molar refractivity (Wildman–Crippen MR) is 109 cm³/mol. The lowest BCUT2D eigenvalue weighted by atomic mass is 10.2. The number of benzene rings is 2. The number of alkyl carbamates (subject to hydrolysis) is 1. The molecule has 2 rings (SSSR count). The van der Waals surface area contributed by atoms with Gasteiger partial charge in [-0.2, -0.15) is 0 Å². The summed E-state index contributed by atoms with van der Waals surface area (Å²) in [7, 11) is 0. The molecule has 0 saturated heterocycles. The second-order valence-electron chi connectivity index (χ2n) is 6.48. The summed E-state index contributed by atoms with van der Waals surface area (Å²) in [5.74, 6) is -0.799. The van der Waals surface area contributed by atoms with Gasteiger partial charge in [0, 0.05) is 5.69 Å². The quantitative estimate of drug-likeness (QED) is 0.494.